The van der Waals surface area contributed by atoms with Crippen LogP contribution in [0.25, 0.3) is 16.9 Å². The molecule has 2 aromatic carbocycles. The fraction of sp³-hybridized carbons (Fsp3) is 0.406. The van der Waals surface area contributed by atoms with Crippen LogP contribution in [0, 0.1) is 6.92 Å². The number of aryl methyl sites for hydroxylation is 1. The number of hydrogen-bond acceptors (Lipinski definition) is 7. The number of piperazine rings is 1. The molecule has 9 nitrogen and oxygen atoms in total. The maximum absolute atomic E-state index is 13.5. The maximum Gasteiger partial charge on any atom is 0.387 e. The minimum Gasteiger partial charge on any atom is -0.435 e. The number of aromatic nitrogens is 3. The highest BCUT2D eigenvalue weighted by atomic mass is 19.3. The fourth-order valence-corrected chi connectivity index (χ4v) is 6.20. The summed E-state index contributed by atoms with van der Waals surface area (Å²) in [4.78, 5) is 29.6. The summed E-state index contributed by atoms with van der Waals surface area (Å²) in [6, 6.07) is 12.7. The predicted molar refractivity (Wildman–Crippen MR) is 162 cm³/mol. The number of amides is 1. The SMILES string of the molecule is CCN1CCN(C2CCN(C(=O)c3ccc(Nc4nccn5c(-c6ccc(OC(F)F)cc6)cnc45)cc3C)CC2)CC1. The van der Waals surface area contributed by atoms with E-state index < -0.39 is 6.61 Å². The van der Waals surface area contributed by atoms with Gasteiger partial charge in [-0.25, -0.2) is 9.97 Å². The van der Waals surface area contributed by atoms with E-state index in [0.717, 1.165) is 81.2 Å². The quantitative estimate of drug-likeness (QED) is 0.299. The zero-order valence-electron chi connectivity index (χ0n) is 24.5. The van der Waals surface area contributed by atoms with Crippen molar-refractivity contribution < 1.29 is 18.3 Å². The number of imidazole rings is 1. The van der Waals surface area contributed by atoms with Crippen LogP contribution in [0.1, 0.15) is 35.7 Å². The summed E-state index contributed by atoms with van der Waals surface area (Å²) in [6.45, 7) is 8.51. The van der Waals surface area contributed by atoms with Crippen molar-refractivity contribution in [2.45, 2.75) is 39.3 Å². The van der Waals surface area contributed by atoms with Gasteiger partial charge in [0.2, 0.25) is 0 Å². The Morgan fingerprint density at radius 1 is 1.02 bits per heavy atom. The first-order valence-corrected chi connectivity index (χ1v) is 14.9. The van der Waals surface area contributed by atoms with E-state index in [-0.39, 0.29) is 11.7 Å². The molecule has 2 aliphatic rings. The van der Waals surface area contributed by atoms with Crippen molar-refractivity contribution in [2.75, 3.05) is 51.1 Å². The maximum atomic E-state index is 13.5. The molecule has 1 amide bonds. The number of carbonyl (C=O) groups excluding carboxylic acids is 1. The van der Waals surface area contributed by atoms with E-state index in [0.29, 0.717) is 23.1 Å². The Bertz CT molecular complexity index is 1560. The number of likely N-dealkylation sites (N-methyl/N-ethyl adjacent to an activating group) is 1. The number of anilines is 2. The van der Waals surface area contributed by atoms with Crippen molar-refractivity contribution in [2.24, 2.45) is 0 Å². The second-order valence-electron chi connectivity index (χ2n) is 11.2. The van der Waals surface area contributed by atoms with Crippen molar-refractivity contribution in [3.05, 3.63) is 72.2 Å². The number of alkyl halides is 2. The van der Waals surface area contributed by atoms with Gasteiger partial charge in [0.25, 0.3) is 5.91 Å². The Morgan fingerprint density at radius 3 is 2.44 bits per heavy atom. The molecule has 0 saturated carbocycles. The molecule has 0 spiro atoms. The van der Waals surface area contributed by atoms with Gasteiger partial charge in [-0.1, -0.05) is 6.92 Å². The molecule has 0 unspecified atom stereocenters. The van der Waals surface area contributed by atoms with Gasteiger partial charge < -0.3 is 19.9 Å². The second-order valence-corrected chi connectivity index (χ2v) is 11.2. The van der Waals surface area contributed by atoms with E-state index in [4.69, 9.17) is 0 Å². The molecule has 0 atom stereocenters. The molecule has 11 heteroatoms. The van der Waals surface area contributed by atoms with E-state index in [1.807, 2.05) is 34.4 Å². The van der Waals surface area contributed by atoms with Crippen molar-refractivity contribution in [3.63, 3.8) is 0 Å². The van der Waals surface area contributed by atoms with E-state index in [1.54, 1.807) is 30.7 Å². The number of rotatable bonds is 8. The molecule has 2 fully saturated rings. The smallest absolute Gasteiger partial charge is 0.387 e. The van der Waals surface area contributed by atoms with Gasteiger partial charge in [-0.15, -0.1) is 0 Å². The topological polar surface area (TPSA) is 78.2 Å². The lowest BCUT2D eigenvalue weighted by atomic mass is 10.00. The molecule has 1 N–H and O–H groups in total. The lowest BCUT2D eigenvalue weighted by Crippen LogP contribution is -2.53. The minimum atomic E-state index is -2.87. The number of fused-ring (bicyclic) bond motifs is 1. The Morgan fingerprint density at radius 2 is 1.77 bits per heavy atom. The Kier molecular flexibility index (Phi) is 8.53. The van der Waals surface area contributed by atoms with Crippen LogP contribution < -0.4 is 10.1 Å². The number of nitrogens with one attached hydrogen (secondary N) is 1. The summed E-state index contributed by atoms with van der Waals surface area (Å²) in [5, 5.41) is 3.35. The number of likely N-dealkylation sites (tertiary alicyclic amines) is 1. The average Bonchev–Trinajstić information content (AvgIpc) is 3.46. The molecule has 43 heavy (non-hydrogen) atoms. The first kappa shape index (κ1) is 29.0. The van der Waals surface area contributed by atoms with Gasteiger partial charge in [-0.2, -0.15) is 8.78 Å². The van der Waals surface area contributed by atoms with Crippen LogP contribution in [-0.2, 0) is 0 Å². The zero-order valence-corrected chi connectivity index (χ0v) is 24.5. The van der Waals surface area contributed by atoms with Gasteiger partial charge in [0.05, 0.1) is 11.9 Å². The number of hydrogen-bond donors (Lipinski definition) is 1. The van der Waals surface area contributed by atoms with Crippen LogP contribution in [0.4, 0.5) is 20.3 Å². The van der Waals surface area contributed by atoms with Crippen LogP contribution in [-0.4, -0.2) is 93.4 Å². The number of benzene rings is 2. The summed E-state index contributed by atoms with van der Waals surface area (Å²) in [7, 11) is 0. The van der Waals surface area contributed by atoms with Gasteiger partial charge >= 0.3 is 6.61 Å². The number of carbonyl (C=O) groups is 1. The molecule has 4 heterocycles. The number of piperidine rings is 1. The summed E-state index contributed by atoms with van der Waals surface area (Å²) >= 11 is 0. The van der Waals surface area contributed by atoms with Gasteiger partial charge in [-0.3, -0.25) is 14.1 Å². The lowest BCUT2D eigenvalue weighted by molar-refractivity contribution is -0.0498. The first-order chi connectivity index (χ1) is 20.9. The van der Waals surface area contributed by atoms with Crippen molar-refractivity contribution in [1.82, 2.24) is 29.1 Å². The summed E-state index contributed by atoms with van der Waals surface area (Å²) in [5.41, 5.74) is 4.62. The van der Waals surface area contributed by atoms with Crippen LogP contribution >= 0.6 is 0 Å². The van der Waals surface area contributed by atoms with E-state index in [1.165, 1.54) is 12.1 Å². The first-order valence-electron chi connectivity index (χ1n) is 14.9. The molecule has 2 aliphatic heterocycles. The summed E-state index contributed by atoms with van der Waals surface area (Å²) in [6.07, 6.45) is 7.23. The Hall–Kier alpha value is -4.09. The Labute approximate surface area is 250 Å². The monoisotopic (exact) mass is 589 g/mol. The second kappa shape index (κ2) is 12.6. The van der Waals surface area contributed by atoms with Gasteiger partial charge in [0.15, 0.2) is 11.5 Å². The van der Waals surface area contributed by atoms with Gasteiger partial charge in [0.1, 0.15) is 5.75 Å². The van der Waals surface area contributed by atoms with Crippen LogP contribution in [0.2, 0.25) is 0 Å². The predicted octanol–water partition coefficient (Wildman–Crippen LogP) is 5.29. The average molecular weight is 590 g/mol. The van der Waals surface area contributed by atoms with E-state index in [2.05, 4.69) is 36.7 Å². The highest BCUT2D eigenvalue weighted by Crippen LogP contribution is 2.28. The highest BCUT2D eigenvalue weighted by Gasteiger charge is 2.29. The largest absolute Gasteiger partial charge is 0.435 e. The van der Waals surface area contributed by atoms with Crippen LogP contribution in [0.3, 0.4) is 0 Å². The van der Waals surface area contributed by atoms with E-state index >= 15 is 0 Å². The molecule has 6 rings (SSSR count). The van der Waals surface area contributed by atoms with Crippen molar-refractivity contribution in [1.29, 1.82) is 0 Å². The van der Waals surface area contributed by atoms with Crippen molar-refractivity contribution >= 4 is 23.1 Å². The summed E-state index contributed by atoms with van der Waals surface area (Å²) in [5.74, 6) is 0.743. The molecular weight excluding hydrogens is 552 g/mol. The standard InChI is InChI=1S/C32H37F2N7O2/c1-3-38-16-18-39(19-17-38)25-10-13-40(14-11-25)31(42)27-9-6-24(20-22(27)2)37-29-30-36-21-28(41(30)15-12-35-29)23-4-7-26(8-5-23)43-32(33)34/h4-9,12,15,20-21,25,32H,3,10-11,13-14,16-19H2,1-2H3,(H,35,37). The molecule has 4 aromatic rings. The number of nitrogens with zero attached hydrogens (tertiary/aromatic N) is 6. The lowest BCUT2D eigenvalue weighted by Gasteiger charge is -2.42. The fourth-order valence-electron chi connectivity index (χ4n) is 6.20. The molecule has 2 saturated heterocycles. The molecule has 0 bridgehead atoms. The third-order valence-electron chi connectivity index (χ3n) is 8.65. The van der Waals surface area contributed by atoms with Crippen LogP contribution in [0.15, 0.2) is 61.1 Å². The zero-order chi connectivity index (χ0) is 29.9. The third-order valence-corrected chi connectivity index (χ3v) is 8.65. The number of halogens is 2. The molecule has 0 radical (unpaired) electrons. The minimum absolute atomic E-state index is 0.0846. The molecular formula is C32H37F2N7O2. The molecule has 0 aliphatic carbocycles. The third kappa shape index (κ3) is 6.33. The number of ether oxygens (including phenoxy) is 1. The molecule has 226 valence electrons. The Balaban J connectivity index is 1.11. The summed E-state index contributed by atoms with van der Waals surface area (Å²) < 4.78 is 31.4. The highest BCUT2D eigenvalue weighted by molar-refractivity contribution is 5.96. The normalized spacial score (nSPS) is 17.1. The van der Waals surface area contributed by atoms with E-state index in [9.17, 15) is 13.6 Å². The molecule has 2 aromatic heterocycles. The van der Waals surface area contributed by atoms with Crippen LogP contribution in [0.5, 0.6) is 5.75 Å². The van der Waals surface area contributed by atoms with Crippen molar-refractivity contribution in [3.8, 4) is 17.0 Å². The van der Waals surface area contributed by atoms with Gasteiger partial charge in [0, 0.05) is 74.5 Å². The van der Waals surface area contributed by atoms with Gasteiger partial charge in [-0.05, 0) is 74.3 Å².